The molecule has 0 bridgehead atoms. The Morgan fingerprint density at radius 3 is 2.79 bits per heavy atom. The van der Waals surface area contributed by atoms with Gasteiger partial charge >= 0.3 is 0 Å². The van der Waals surface area contributed by atoms with E-state index in [0.29, 0.717) is 6.54 Å². The second-order valence-corrected chi connectivity index (χ2v) is 5.34. The summed E-state index contributed by atoms with van der Waals surface area (Å²) in [6.07, 6.45) is 3.26. The molecule has 5 nitrogen and oxygen atoms in total. The van der Waals surface area contributed by atoms with Crippen LogP contribution in [0.1, 0.15) is 5.69 Å². The third-order valence-corrected chi connectivity index (χ3v) is 3.76. The van der Waals surface area contributed by atoms with Crippen LogP contribution in [0.2, 0.25) is 5.02 Å². The van der Waals surface area contributed by atoms with Crippen LogP contribution >= 0.6 is 22.9 Å². The van der Waals surface area contributed by atoms with Crippen LogP contribution in [0, 0.1) is 0 Å². The Labute approximate surface area is 118 Å². The van der Waals surface area contributed by atoms with E-state index in [1.807, 2.05) is 29.6 Å². The van der Waals surface area contributed by atoms with Gasteiger partial charge in [-0.3, -0.25) is 5.84 Å². The molecule has 96 valence electrons. The summed E-state index contributed by atoms with van der Waals surface area (Å²) in [5.74, 6) is 5.55. The molecule has 0 spiro atoms. The van der Waals surface area contributed by atoms with Crippen LogP contribution in [0.3, 0.4) is 0 Å². The molecule has 3 rings (SSSR count). The minimum atomic E-state index is 0.605. The zero-order chi connectivity index (χ0) is 13.2. The van der Waals surface area contributed by atoms with Crippen molar-refractivity contribution >= 4 is 22.9 Å². The van der Waals surface area contributed by atoms with Gasteiger partial charge in [-0.1, -0.05) is 23.7 Å². The molecule has 0 atom stereocenters. The summed E-state index contributed by atoms with van der Waals surface area (Å²) >= 11 is 7.47. The molecular weight excluding hydrogens is 282 g/mol. The number of hydrogen-bond acceptors (Lipinski definition) is 4. The molecule has 2 heterocycles. The Hall–Kier alpha value is -1.92. The monoisotopic (exact) mass is 292 g/mol. The molecule has 2 aromatic heterocycles. The maximum atomic E-state index is 5.87. The first kappa shape index (κ1) is 12.1. The van der Waals surface area contributed by atoms with Crippen molar-refractivity contribution in [1.82, 2.24) is 14.8 Å². The molecule has 0 saturated carbocycles. The molecule has 0 amide bonds. The van der Waals surface area contributed by atoms with E-state index >= 15 is 0 Å². The van der Waals surface area contributed by atoms with Crippen molar-refractivity contribution in [3.8, 4) is 10.6 Å². The van der Waals surface area contributed by atoms with Crippen molar-refractivity contribution in [2.75, 3.05) is 5.84 Å². The topological polar surface area (TPSA) is 60.6 Å². The maximum absolute atomic E-state index is 5.87. The van der Waals surface area contributed by atoms with E-state index in [1.54, 1.807) is 28.7 Å². The number of thiazole rings is 1. The van der Waals surface area contributed by atoms with E-state index < -0.39 is 0 Å². The van der Waals surface area contributed by atoms with Gasteiger partial charge in [0.15, 0.2) is 0 Å². The fraction of sp³-hybridized carbons (Fsp3) is 0.0833. The highest BCUT2D eigenvalue weighted by molar-refractivity contribution is 7.13. The maximum Gasteiger partial charge on any atom is 0.286 e. The summed E-state index contributed by atoms with van der Waals surface area (Å²) < 4.78 is 3.15. The third-order valence-electron chi connectivity index (χ3n) is 2.57. The number of aromatic nitrogens is 4. The van der Waals surface area contributed by atoms with Crippen molar-refractivity contribution in [3.63, 3.8) is 0 Å². The minimum Gasteiger partial charge on any atom is -0.289 e. The molecule has 0 aliphatic carbocycles. The summed E-state index contributed by atoms with van der Waals surface area (Å²) in [5.41, 5.74) is 2.02. The number of rotatable bonds is 3. The van der Waals surface area contributed by atoms with Gasteiger partial charge in [0, 0.05) is 21.1 Å². The summed E-state index contributed by atoms with van der Waals surface area (Å²) in [7, 11) is 0. The number of nitrogen functional groups attached to an aromatic ring is 1. The lowest BCUT2D eigenvalue weighted by Crippen LogP contribution is -2.42. The van der Waals surface area contributed by atoms with Crippen molar-refractivity contribution < 1.29 is 4.68 Å². The molecule has 0 fully saturated rings. The summed E-state index contributed by atoms with van der Waals surface area (Å²) in [5, 5.41) is 7.82. The number of benzene rings is 1. The van der Waals surface area contributed by atoms with Gasteiger partial charge in [0.2, 0.25) is 6.33 Å². The smallest absolute Gasteiger partial charge is 0.286 e. The molecule has 0 saturated heterocycles. The van der Waals surface area contributed by atoms with Crippen LogP contribution < -0.4 is 10.5 Å². The molecule has 0 unspecified atom stereocenters. The first-order chi connectivity index (χ1) is 9.20. The average molecular weight is 293 g/mol. The van der Waals surface area contributed by atoms with Crippen LogP contribution in [-0.4, -0.2) is 14.8 Å². The minimum absolute atomic E-state index is 0.605. The Kier molecular flexibility index (Phi) is 3.18. The summed E-state index contributed by atoms with van der Waals surface area (Å²) in [4.78, 5) is 4.58. The quantitative estimate of drug-likeness (QED) is 0.590. The van der Waals surface area contributed by atoms with Crippen LogP contribution in [0.4, 0.5) is 0 Å². The first-order valence-corrected chi connectivity index (χ1v) is 6.85. The van der Waals surface area contributed by atoms with Gasteiger partial charge in [-0.2, -0.15) is 0 Å². The SMILES string of the molecule is N[n+]1cnn(Cc2csc(-c3ccc(Cl)cc3)n2)c1. The summed E-state index contributed by atoms with van der Waals surface area (Å²) in [6.45, 7) is 0.605. The first-order valence-electron chi connectivity index (χ1n) is 5.60. The van der Waals surface area contributed by atoms with Gasteiger partial charge in [-0.05, 0) is 12.1 Å². The average Bonchev–Trinajstić information content (AvgIpc) is 3.00. The zero-order valence-corrected chi connectivity index (χ0v) is 11.5. The molecule has 0 radical (unpaired) electrons. The molecule has 7 heteroatoms. The predicted molar refractivity (Wildman–Crippen MR) is 74.2 cm³/mol. The number of hydrogen-bond donors (Lipinski definition) is 1. The van der Waals surface area contributed by atoms with E-state index in [4.69, 9.17) is 17.4 Å². The van der Waals surface area contributed by atoms with Gasteiger partial charge in [0.1, 0.15) is 11.6 Å². The van der Waals surface area contributed by atoms with Crippen molar-refractivity contribution in [3.05, 3.63) is 53.0 Å². The van der Waals surface area contributed by atoms with Gasteiger partial charge < -0.3 is 0 Å². The summed E-state index contributed by atoms with van der Waals surface area (Å²) in [6, 6.07) is 7.66. The molecule has 1 aromatic carbocycles. The second kappa shape index (κ2) is 4.99. The van der Waals surface area contributed by atoms with Gasteiger partial charge in [0.05, 0.1) is 5.69 Å². The molecular formula is C12H11ClN5S+. The number of halogens is 1. The van der Waals surface area contributed by atoms with E-state index in [-0.39, 0.29) is 0 Å². The standard InChI is InChI=1S/C12H11ClN5S/c13-10-3-1-9(2-4-10)12-16-11(6-19-12)5-18-8-17(14)7-15-18/h1-4,6-8H,5,14H2/q+1. The van der Waals surface area contributed by atoms with Crippen LogP contribution in [0.25, 0.3) is 10.6 Å². The highest BCUT2D eigenvalue weighted by atomic mass is 35.5. The fourth-order valence-corrected chi connectivity index (χ4v) is 2.63. The zero-order valence-electron chi connectivity index (χ0n) is 9.90. The molecule has 2 N–H and O–H groups in total. The predicted octanol–water partition coefficient (Wildman–Crippen LogP) is 1.71. The Morgan fingerprint density at radius 1 is 1.32 bits per heavy atom. The lowest BCUT2D eigenvalue weighted by Gasteiger charge is -1.95. The molecule has 19 heavy (non-hydrogen) atoms. The Morgan fingerprint density at radius 2 is 2.11 bits per heavy atom. The molecule has 3 aromatic rings. The molecule has 0 aliphatic rings. The van der Waals surface area contributed by atoms with Gasteiger partial charge in [-0.15, -0.1) is 20.7 Å². The number of nitrogens with two attached hydrogens (primary N) is 1. The lowest BCUT2D eigenvalue weighted by molar-refractivity contribution is -0.639. The molecule has 0 aliphatic heterocycles. The van der Waals surface area contributed by atoms with E-state index in [2.05, 4.69) is 10.1 Å². The Bertz CT molecular complexity index is 688. The third kappa shape index (κ3) is 2.74. The van der Waals surface area contributed by atoms with E-state index in [0.717, 1.165) is 21.3 Å². The van der Waals surface area contributed by atoms with E-state index in [9.17, 15) is 0 Å². The number of nitrogens with zero attached hydrogens (tertiary/aromatic N) is 4. The van der Waals surface area contributed by atoms with Crippen molar-refractivity contribution in [2.24, 2.45) is 0 Å². The van der Waals surface area contributed by atoms with Crippen LogP contribution in [-0.2, 0) is 6.54 Å². The van der Waals surface area contributed by atoms with Crippen LogP contribution in [0.5, 0.6) is 0 Å². The van der Waals surface area contributed by atoms with Gasteiger partial charge in [0.25, 0.3) is 6.33 Å². The second-order valence-electron chi connectivity index (χ2n) is 4.04. The Balaban J connectivity index is 1.81. The van der Waals surface area contributed by atoms with Crippen molar-refractivity contribution in [1.29, 1.82) is 0 Å². The fourth-order valence-electron chi connectivity index (χ4n) is 1.69. The van der Waals surface area contributed by atoms with Crippen LogP contribution in [0.15, 0.2) is 42.3 Å². The largest absolute Gasteiger partial charge is 0.289 e. The van der Waals surface area contributed by atoms with E-state index in [1.165, 1.54) is 4.68 Å². The normalized spacial score (nSPS) is 10.8. The highest BCUT2D eigenvalue weighted by Gasteiger charge is 2.09. The van der Waals surface area contributed by atoms with Crippen molar-refractivity contribution in [2.45, 2.75) is 6.54 Å². The lowest BCUT2D eigenvalue weighted by atomic mass is 10.2. The van der Waals surface area contributed by atoms with Gasteiger partial charge in [-0.25, -0.2) is 4.98 Å². The highest BCUT2D eigenvalue weighted by Crippen LogP contribution is 2.25.